The van der Waals surface area contributed by atoms with E-state index in [0.29, 0.717) is 50.3 Å². The smallest absolute Gasteiger partial charge is 0.334 e. The normalized spacial score (nSPS) is 16.7. The molecule has 1 amide bonds. The van der Waals surface area contributed by atoms with Crippen LogP contribution in [-0.2, 0) is 22.4 Å². The van der Waals surface area contributed by atoms with Crippen LogP contribution >= 0.6 is 7.60 Å². The summed E-state index contributed by atoms with van der Waals surface area (Å²) < 4.78 is 13.0. The Morgan fingerprint density at radius 2 is 1.80 bits per heavy atom. The summed E-state index contributed by atoms with van der Waals surface area (Å²) >= 11 is 0. The van der Waals surface area contributed by atoms with Crippen molar-refractivity contribution in [3.63, 3.8) is 0 Å². The van der Waals surface area contributed by atoms with E-state index < -0.39 is 19.7 Å². The Morgan fingerprint density at radius 1 is 1.05 bits per heavy atom. The first-order valence-corrected chi connectivity index (χ1v) is 16.3. The molecule has 0 aromatic carbocycles. The van der Waals surface area contributed by atoms with Gasteiger partial charge in [0.1, 0.15) is 23.5 Å². The van der Waals surface area contributed by atoms with Crippen LogP contribution in [0.2, 0.25) is 0 Å². The van der Waals surface area contributed by atoms with Gasteiger partial charge in [0.05, 0.1) is 12.7 Å². The molecule has 2 aromatic rings. The van der Waals surface area contributed by atoms with Crippen LogP contribution in [0.15, 0.2) is 12.3 Å². The van der Waals surface area contributed by atoms with E-state index in [4.69, 9.17) is 15.5 Å². The number of rotatable bonds is 15. The van der Waals surface area contributed by atoms with Gasteiger partial charge in [-0.25, -0.2) is 0 Å². The molecule has 228 valence electrons. The summed E-state index contributed by atoms with van der Waals surface area (Å²) in [4.78, 5) is 42.4. The fraction of sp³-hybridized carbons (Fsp3) is 0.720. The van der Waals surface area contributed by atoms with Gasteiger partial charge >= 0.3 is 7.60 Å². The molecule has 41 heavy (non-hydrogen) atoms. The van der Waals surface area contributed by atoms with Crippen molar-refractivity contribution in [2.45, 2.75) is 64.1 Å². The highest BCUT2D eigenvalue weighted by Crippen LogP contribution is 2.34. The van der Waals surface area contributed by atoms with Crippen molar-refractivity contribution in [3.05, 3.63) is 18.0 Å². The van der Waals surface area contributed by atoms with Gasteiger partial charge in [-0.3, -0.25) is 14.0 Å². The van der Waals surface area contributed by atoms with Gasteiger partial charge in [-0.15, -0.1) is 5.10 Å². The number of hydrogen-bond acceptors (Lipinski definition) is 11. The van der Waals surface area contributed by atoms with Gasteiger partial charge in [-0.1, -0.05) is 24.5 Å². The first kappa shape index (κ1) is 31.1. The third kappa shape index (κ3) is 10.8. The third-order valence-electron chi connectivity index (χ3n) is 7.35. The molecule has 2 aromatic heterocycles. The lowest BCUT2D eigenvalue weighted by Gasteiger charge is -2.35. The zero-order valence-corrected chi connectivity index (χ0v) is 24.5. The van der Waals surface area contributed by atoms with Crippen LogP contribution in [0.25, 0.3) is 0 Å². The minimum absolute atomic E-state index is 0.304. The molecule has 1 aliphatic heterocycles. The van der Waals surface area contributed by atoms with Crippen LogP contribution in [0.3, 0.4) is 0 Å². The lowest BCUT2D eigenvalue weighted by molar-refractivity contribution is -0.128. The van der Waals surface area contributed by atoms with Crippen LogP contribution in [0, 0.1) is 0 Å². The van der Waals surface area contributed by atoms with Gasteiger partial charge in [0.2, 0.25) is 11.9 Å². The number of nitrogens with zero attached hydrogens (tertiary/aromatic N) is 7. The zero-order chi connectivity index (χ0) is 29.1. The molecule has 0 unspecified atom stereocenters. The van der Waals surface area contributed by atoms with Crippen molar-refractivity contribution in [1.82, 2.24) is 40.5 Å². The van der Waals surface area contributed by atoms with Gasteiger partial charge in [-0.05, 0) is 45.3 Å². The summed E-state index contributed by atoms with van der Waals surface area (Å²) in [5.74, 6) is 0.725. The zero-order valence-electron chi connectivity index (χ0n) is 23.6. The van der Waals surface area contributed by atoms with Crippen LogP contribution < -0.4 is 26.6 Å². The first-order valence-electron chi connectivity index (χ1n) is 14.5. The number of hydrogen-bond donors (Lipinski definition) is 6. The van der Waals surface area contributed by atoms with E-state index in [1.54, 1.807) is 6.07 Å². The Hall–Kier alpha value is -2.84. The number of nitrogens with two attached hydrogens (primary N) is 1. The summed E-state index contributed by atoms with van der Waals surface area (Å²) in [5, 5.41) is 18.8. The third-order valence-corrected chi connectivity index (χ3v) is 8.04. The molecule has 0 bridgehead atoms. The average molecular weight is 594 g/mol. The molecule has 2 fully saturated rings. The Balaban J connectivity index is 1.13. The van der Waals surface area contributed by atoms with Crippen molar-refractivity contribution in [1.29, 1.82) is 0 Å². The molecule has 1 saturated carbocycles. The molecule has 2 aliphatic rings. The largest absolute Gasteiger partial charge is 0.383 e. The SMILES string of the molecule is Nc1cc(N2CCN(C(=O)CP(=O)(O)O)CC2)nc(NCc2cn(CCCNCCCNC3CCCCC3)nn2)n1. The second kappa shape index (κ2) is 15.4. The first-order chi connectivity index (χ1) is 19.7. The number of carbonyl (C=O) groups is 1. The Kier molecular flexibility index (Phi) is 11.7. The molecule has 0 radical (unpaired) electrons. The Bertz CT molecular complexity index is 1150. The molecule has 15 nitrogen and oxygen atoms in total. The summed E-state index contributed by atoms with van der Waals surface area (Å²) in [5.41, 5.74) is 6.77. The quantitative estimate of drug-likeness (QED) is 0.122. The van der Waals surface area contributed by atoms with E-state index in [0.717, 1.165) is 50.8 Å². The van der Waals surface area contributed by atoms with Gasteiger partial charge in [-0.2, -0.15) is 9.97 Å². The van der Waals surface area contributed by atoms with Crippen LogP contribution in [0.1, 0.15) is 50.6 Å². The Labute approximate surface area is 240 Å². The van der Waals surface area contributed by atoms with E-state index in [2.05, 4.69) is 36.2 Å². The van der Waals surface area contributed by atoms with Crippen LogP contribution in [0.4, 0.5) is 17.6 Å². The average Bonchev–Trinajstić information content (AvgIpc) is 3.40. The van der Waals surface area contributed by atoms with E-state index >= 15 is 0 Å². The second-order valence-corrected chi connectivity index (χ2v) is 12.4. The number of piperazine rings is 1. The number of carbonyl (C=O) groups excluding carboxylic acids is 1. The summed E-state index contributed by atoms with van der Waals surface area (Å²) in [6, 6.07) is 2.38. The Morgan fingerprint density at radius 3 is 2.56 bits per heavy atom. The van der Waals surface area contributed by atoms with E-state index in [1.165, 1.54) is 37.0 Å². The molecule has 0 spiro atoms. The topological polar surface area (TPSA) is 200 Å². The summed E-state index contributed by atoms with van der Waals surface area (Å²) in [6.45, 7) is 5.79. The van der Waals surface area contributed by atoms with Crippen molar-refractivity contribution in [2.75, 3.05) is 67.9 Å². The van der Waals surface area contributed by atoms with Crippen molar-refractivity contribution in [3.8, 4) is 0 Å². The minimum Gasteiger partial charge on any atom is -0.383 e. The number of anilines is 3. The van der Waals surface area contributed by atoms with Crippen LogP contribution in [-0.4, -0.2) is 104 Å². The van der Waals surface area contributed by atoms with Crippen LogP contribution in [0.5, 0.6) is 0 Å². The van der Waals surface area contributed by atoms with E-state index in [-0.39, 0.29) is 0 Å². The fourth-order valence-electron chi connectivity index (χ4n) is 5.17. The fourth-order valence-corrected chi connectivity index (χ4v) is 5.72. The number of amides is 1. The van der Waals surface area contributed by atoms with Gasteiger partial charge in [0.15, 0.2) is 0 Å². The highest BCUT2D eigenvalue weighted by Gasteiger charge is 2.27. The second-order valence-electron chi connectivity index (χ2n) is 10.7. The van der Waals surface area contributed by atoms with E-state index in [1.807, 2.05) is 15.8 Å². The lowest BCUT2D eigenvalue weighted by Crippen LogP contribution is -2.49. The molecule has 16 heteroatoms. The number of aryl methyl sites for hydroxylation is 1. The molecule has 3 heterocycles. The number of aromatic nitrogens is 5. The van der Waals surface area contributed by atoms with Crippen molar-refractivity contribution in [2.24, 2.45) is 0 Å². The van der Waals surface area contributed by atoms with Crippen molar-refractivity contribution < 1.29 is 19.1 Å². The molecule has 0 atom stereocenters. The number of nitrogens with one attached hydrogen (secondary N) is 3. The minimum atomic E-state index is -4.39. The molecule has 4 rings (SSSR count). The number of nitrogen functional groups attached to an aromatic ring is 1. The highest BCUT2D eigenvalue weighted by molar-refractivity contribution is 7.52. The van der Waals surface area contributed by atoms with Crippen molar-refractivity contribution >= 4 is 31.1 Å². The maximum Gasteiger partial charge on any atom is 0.334 e. The maximum absolute atomic E-state index is 12.1. The standard InChI is InChI=1S/C25H44N11O4P/c26-22-16-23(34-12-14-35(15-13-34)24(37)19-41(38,39)40)31-25(30-22)29-17-21-18-36(33-32-21)11-5-9-27-8-4-10-28-20-6-2-1-3-7-20/h16,18,20,27-28H,1-15,17,19H2,(H2,38,39,40)(H3,26,29,30,31). The summed E-state index contributed by atoms with van der Waals surface area (Å²) in [6.07, 6.45) is 10.00. The molecule has 1 saturated heterocycles. The lowest BCUT2D eigenvalue weighted by atomic mass is 9.95. The predicted octanol–water partition coefficient (Wildman–Crippen LogP) is 0.381. The maximum atomic E-state index is 12.1. The van der Waals surface area contributed by atoms with Gasteiger partial charge in [0, 0.05) is 44.8 Å². The van der Waals surface area contributed by atoms with Gasteiger partial charge in [0.25, 0.3) is 0 Å². The monoisotopic (exact) mass is 593 g/mol. The summed E-state index contributed by atoms with van der Waals surface area (Å²) in [7, 11) is -4.39. The predicted molar refractivity (Wildman–Crippen MR) is 156 cm³/mol. The van der Waals surface area contributed by atoms with E-state index in [9.17, 15) is 9.36 Å². The molecule has 1 aliphatic carbocycles. The highest BCUT2D eigenvalue weighted by atomic mass is 31.2. The molecular formula is C25H44N11O4P. The molecule has 7 N–H and O–H groups in total. The molecular weight excluding hydrogens is 549 g/mol. The van der Waals surface area contributed by atoms with Gasteiger partial charge < -0.3 is 41.3 Å².